The molecule has 2 aromatic carbocycles. The molecule has 1 amide bonds. The Hall–Kier alpha value is -3.11. The highest BCUT2D eigenvalue weighted by Crippen LogP contribution is 2.24. The van der Waals surface area contributed by atoms with Crippen molar-refractivity contribution in [2.45, 2.75) is 35.7 Å². The van der Waals surface area contributed by atoms with E-state index in [1.807, 2.05) is 13.8 Å². The second-order valence-electron chi connectivity index (χ2n) is 6.90. The van der Waals surface area contributed by atoms with Crippen LogP contribution in [-0.2, 0) is 14.6 Å². The van der Waals surface area contributed by atoms with Crippen molar-refractivity contribution in [2.75, 3.05) is 17.7 Å². The number of ether oxygens (including phenoxy) is 1. The molecule has 0 saturated heterocycles. The van der Waals surface area contributed by atoms with Gasteiger partial charge < -0.3 is 15.0 Å². The lowest BCUT2D eigenvalue weighted by Gasteiger charge is -2.11. The lowest BCUT2D eigenvalue weighted by Crippen LogP contribution is -2.20. The minimum absolute atomic E-state index is 0.0284. The molecule has 32 heavy (non-hydrogen) atoms. The molecule has 8 nitrogen and oxygen atoms in total. The zero-order chi connectivity index (χ0) is 23.3. The minimum Gasteiger partial charge on any atom is -0.492 e. The summed E-state index contributed by atoms with van der Waals surface area (Å²) in [5, 5.41) is 2.89. The summed E-state index contributed by atoms with van der Waals surface area (Å²) < 4.78 is 31.2. The number of carbonyl (C=O) groups excluding carboxylic acids is 1. The van der Waals surface area contributed by atoms with Crippen molar-refractivity contribution >= 4 is 33.2 Å². The van der Waals surface area contributed by atoms with E-state index in [0.29, 0.717) is 18.0 Å². The van der Waals surface area contributed by atoms with Crippen molar-refractivity contribution in [1.29, 1.82) is 0 Å². The molecule has 10 heteroatoms. The van der Waals surface area contributed by atoms with Gasteiger partial charge in [-0.05, 0) is 56.2 Å². The summed E-state index contributed by atoms with van der Waals surface area (Å²) in [7, 11) is -4.02. The molecule has 2 N–H and O–H groups in total. The fraction of sp³-hybridized carbons (Fsp3) is 0.227. The highest BCUT2D eigenvalue weighted by atomic mass is 32.2. The van der Waals surface area contributed by atoms with Crippen molar-refractivity contribution in [2.24, 2.45) is 0 Å². The van der Waals surface area contributed by atoms with Gasteiger partial charge >= 0.3 is 0 Å². The predicted octanol–water partition coefficient (Wildman–Crippen LogP) is 3.35. The molecule has 0 aliphatic rings. The summed E-state index contributed by atoms with van der Waals surface area (Å²) in [5.41, 5.74) is 1.50. The highest BCUT2D eigenvalue weighted by Gasteiger charge is 2.23. The third-order valence-electron chi connectivity index (χ3n) is 4.62. The number of aromatic amines is 1. The van der Waals surface area contributed by atoms with Gasteiger partial charge in [-0.3, -0.25) is 9.59 Å². The van der Waals surface area contributed by atoms with Crippen molar-refractivity contribution in [3.63, 3.8) is 0 Å². The Morgan fingerprint density at radius 2 is 1.91 bits per heavy atom. The normalized spacial score (nSPS) is 11.2. The maximum absolute atomic E-state index is 12.8. The Morgan fingerprint density at radius 1 is 1.16 bits per heavy atom. The molecule has 0 aliphatic carbocycles. The van der Waals surface area contributed by atoms with Crippen LogP contribution in [-0.4, -0.2) is 36.7 Å². The first-order valence-electron chi connectivity index (χ1n) is 9.78. The van der Waals surface area contributed by atoms with Crippen LogP contribution < -0.4 is 15.6 Å². The molecule has 0 saturated carbocycles. The van der Waals surface area contributed by atoms with Crippen LogP contribution in [0.15, 0.2) is 68.4 Å². The third kappa shape index (κ3) is 5.38. The number of hydrogen-bond donors (Lipinski definition) is 2. The van der Waals surface area contributed by atoms with Gasteiger partial charge in [0.05, 0.1) is 29.1 Å². The molecule has 3 rings (SSSR count). The first-order chi connectivity index (χ1) is 15.2. The number of sulfone groups is 1. The molecule has 3 aromatic rings. The molecule has 1 aromatic heterocycles. The molecule has 0 fully saturated rings. The number of amides is 1. The Morgan fingerprint density at radius 3 is 2.59 bits per heavy atom. The average molecular weight is 474 g/mol. The molecule has 0 bridgehead atoms. The van der Waals surface area contributed by atoms with Gasteiger partial charge in [-0.25, -0.2) is 13.4 Å². The maximum Gasteiger partial charge on any atom is 0.270 e. The molecular formula is C22H23N3O5S2. The van der Waals surface area contributed by atoms with E-state index in [-0.39, 0.29) is 21.7 Å². The number of thioether (sulfide) groups is 1. The van der Waals surface area contributed by atoms with Crippen LogP contribution in [0.3, 0.4) is 0 Å². The SMILES string of the molecule is CCOc1ccccc1NC(=O)CSc1ncc(S(=O)(=O)c2ccc(C)c(C)c2)c(=O)[nH]1. The van der Waals surface area contributed by atoms with E-state index < -0.39 is 20.3 Å². The summed E-state index contributed by atoms with van der Waals surface area (Å²) in [4.78, 5) is 30.8. The Balaban J connectivity index is 1.71. The minimum atomic E-state index is -4.02. The standard InChI is InChI=1S/C22H23N3O5S2/c1-4-30-18-8-6-5-7-17(18)24-20(26)13-31-22-23-12-19(21(27)25-22)32(28,29)16-10-9-14(2)15(3)11-16/h5-12H,4,13H2,1-3H3,(H,24,26)(H,23,25,27). The number of H-pyrrole nitrogens is 1. The molecular weight excluding hydrogens is 450 g/mol. The fourth-order valence-electron chi connectivity index (χ4n) is 2.81. The van der Waals surface area contributed by atoms with E-state index in [1.165, 1.54) is 12.1 Å². The fourth-order valence-corrected chi connectivity index (χ4v) is 4.76. The number of para-hydroxylation sites is 2. The van der Waals surface area contributed by atoms with Crippen molar-refractivity contribution < 1.29 is 17.9 Å². The molecule has 0 unspecified atom stereocenters. The lowest BCUT2D eigenvalue weighted by atomic mass is 10.1. The number of carbonyl (C=O) groups is 1. The van der Waals surface area contributed by atoms with Crippen LogP contribution in [0.5, 0.6) is 5.75 Å². The number of nitrogens with one attached hydrogen (secondary N) is 2. The largest absolute Gasteiger partial charge is 0.492 e. The van der Waals surface area contributed by atoms with Gasteiger partial charge in [0.25, 0.3) is 5.56 Å². The summed E-state index contributed by atoms with van der Waals surface area (Å²) >= 11 is 0.986. The van der Waals surface area contributed by atoms with Gasteiger partial charge in [0.2, 0.25) is 15.7 Å². The second-order valence-corrected chi connectivity index (χ2v) is 9.78. The molecule has 0 atom stereocenters. The van der Waals surface area contributed by atoms with Crippen LogP contribution in [0, 0.1) is 13.8 Å². The third-order valence-corrected chi connectivity index (χ3v) is 7.25. The molecule has 1 heterocycles. The Bertz CT molecular complexity index is 1300. The number of rotatable bonds is 8. The van der Waals surface area contributed by atoms with E-state index >= 15 is 0 Å². The highest BCUT2D eigenvalue weighted by molar-refractivity contribution is 7.99. The topological polar surface area (TPSA) is 118 Å². The monoisotopic (exact) mass is 473 g/mol. The zero-order valence-corrected chi connectivity index (χ0v) is 19.5. The van der Waals surface area contributed by atoms with Crippen LogP contribution >= 0.6 is 11.8 Å². The second kappa shape index (κ2) is 10.0. The van der Waals surface area contributed by atoms with Gasteiger partial charge in [0.15, 0.2) is 10.1 Å². The van der Waals surface area contributed by atoms with Gasteiger partial charge in [-0.2, -0.15) is 0 Å². The molecule has 168 valence electrons. The van der Waals surface area contributed by atoms with Crippen molar-refractivity contribution in [3.8, 4) is 5.75 Å². The van der Waals surface area contributed by atoms with Crippen molar-refractivity contribution in [1.82, 2.24) is 9.97 Å². The summed E-state index contributed by atoms with van der Waals surface area (Å²) in [6.45, 7) is 5.98. The predicted molar refractivity (Wildman–Crippen MR) is 123 cm³/mol. The van der Waals surface area contributed by atoms with Crippen LogP contribution in [0.1, 0.15) is 18.1 Å². The van der Waals surface area contributed by atoms with Crippen LogP contribution in [0.25, 0.3) is 0 Å². The van der Waals surface area contributed by atoms with E-state index in [1.54, 1.807) is 37.3 Å². The number of benzene rings is 2. The quantitative estimate of drug-likeness (QED) is 0.380. The van der Waals surface area contributed by atoms with Crippen LogP contribution in [0.2, 0.25) is 0 Å². The van der Waals surface area contributed by atoms with Gasteiger partial charge in [0.1, 0.15) is 5.75 Å². The van der Waals surface area contributed by atoms with Gasteiger partial charge in [-0.1, -0.05) is 30.0 Å². The number of nitrogens with zero attached hydrogens (tertiary/aromatic N) is 1. The summed E-state index contributed by atoms with van der Waals surface area (Å²) in [6, 6.07) is 11.7. The summed E-state index contributed by atoms with van der Waals surface area (Å²) in [5.74, 6) is 0.199. The van der Waals surface area contributed by atoms with Crippen LogP contribution in [0.4, 0.5) is 5.69 Å². The number of hydrogen-bond acceptors (Lipinski definition) is 7. The Kier molecular flexibility index (Phi) is 7.37. The smallest absolute Gasteiger partial charge is 0.270 e. The zero-order valence-electron chi connectivity index (χ0n) is 17.8. The van der Waals surface area contributed by atoms with E-state index in [4.69, 9.17) is 4.74 Å². The average Bonchev–Trinajstić information content (AvgIpc) is 2.75. The molecule has 0 aliphatic heterocycles. The maximum atomic E-state index is 12.8. The summed E-state index contributed by atoms with van der Waals surface area (Å²) in [6.07, 6.45) is 1.02. The molecule has 0 spiro atoms. The lowest BCUT2D eigenvalue weighted by molar-refractivity contribution is -0.113. The Labute approximate surface area is 190 Å². The number of aromatic nitrogens is 2. The van der Waals surface area contributed by atoms with E-state index in [2.05, 4.69) is 15.3 Å². The number of aryl methyl sites for hydroxylation is 2. The first kappa shape index (κ1) is 23.6. The van der Waals surface area contributed by atoms with Crippen molar-refractivity contribution in [3.05, 3.63) is 70.1 Å². The number of anilines is 1. The molecule has 0 radical (unpaired) electrons. The first-order valence-corrected chi connectivity index (χ1v) is 12.3. The van der Waals surface area contributed by atoms with Gasteiger partial charge in [0, 0.05) is 0 Å². The van der Waals surface area contributed by atoms with Gasteiger partial charge in [-0.15, -0.1) is 0 Å². The van der Waals surface area contributed by atoms with E-state index in [9.17, 15) is 18.0 Å². The van der Waals surface area contributed by atoms with E-state index in [0.717, 1.165) is 29.1 Å².